The summed E-state index contributed by atoms with van der Waals surface area (Å²) < 4.78 is 4.82. The van der Waals surface area contributed by atoms with E-state index < -0.39 is 0 Å². The lowest BCUT2D eigenvalue weighted by molar-refractivity contribution is 0.218. The zero-order valence-electron chi connectivity index (χ0n) is 5.02. The van der Waals surface area contributed by atoms with Gasteiger partial charge in [0, 0.05) is 24.5 Å². The van der Waals surface area contributed by atoms with Crippen LogP contribution in [-0.4, -0.2) is 31.1 Å². The first kappa shape index (κ1) is 8.60. The number of hydrogen-bond acceptors (Lipinski definition) is 2. The molecule has 0 aliphatic rings. The van der Waals surface area contributed by atoms with Gasteiger partial charge < -0.3 is 4.74 Å². The second-order valence-corrected chi connectivity index (χ2v) is 2.90. The van der Waals surface area contributed by atoms with E-state index in [1.54, 1.807) is 7.11 Å². The molecule has 0 atom stereocenters. The van der Waals surface area contributed by atoms with Crippen LogP contribution in [0.4, 0.5) is 0 Å². The summed E-state index contributed by atoms with van der Waals surface area (Å²) in [6.07, 6.45) is 0. The predicted molar refractivity (Wildman–Crippen MR) is 39.9 cm³/mol. The standard InChI is InChI=1S/C5H11ClOS/c1-7-3-5-8-4-2-6/h2-5H2,1H3. The van der Waals surface area contributed by atoms with Crippen molar-refractivity contribution >= 4 is 23.4 Å². The highest BCUT2D eigenvalue weighted by molar-refractivity contribution is 7.99. The van der Waals surface area contributed by atoms with E-state index in [4.69, 9.17) is 16.3 Å². The van der Waals surface area contributed by atoms with Crippen LogP contribution in [0.5, 0.6) is 0 Å². The van der Waals surface area contributed by atoms with Crippen LogP contribution in [-0.2, 0) is 4.74 Å². The Morgan fingerprint density at radius 3 is 2.75 bits per heavy atom. The van der Waals surface area contributed by atoms with Gasteiger partial charge in [-0.15, -0.1) is 11.6 Å². The number of thioether (sulfide) groups is 1. The predicted octanol–water partition coefficient (Wildman–Crippen LogP) is 1.60. The molecule has 0 aromatic heterocycles. The fraction of sp³-hybridized carbons (Fsp3) is 1.00. The van der Waals surface area contributed by atoms with Gasteiger partial charge in [0.2, 0.25) is 0 Å². The molecule has 0 aliphatic carbocycles. The largest absolute Gasteiger partial charge is 0.384 e. The Balaban J connectivity index is 2.53. The molecular formula is C5H11ClOS. The van der Waals surface area contributed by atoms with Gasteiger partial charge in [0.15, 0.2) is 0 Å². The number of methoxy groups -OCH3 is 1. The average molecular weight is 155 g/mol. The van der Waals surface area contributed by atoms with Crippen LogP contribution in [0.1, 0.15) is 0 Å². The maximum absolute atomic E-state index is 5.42. The fourth-order valence-electron chi connectivity index (χ4n) is 0.299. The van der Waals surface area contributed by atoms with Crippen LogP contribution in [0.2, 0.25) is 0 Å². The van der Waals surface area contributed by atoms with Gasteiger partial charge in [0.25, 0.3) is 0 Å². The van der Waals surface area contributed by atoms with Crippen molar-refractivity contribution in [3.8, 4) is 0 Å². The third-order valence-corrected chi connectivity index (χ3v) is 2.01. The molecule has 8 heavy (non-hydrogen) atoms. The van der Waals surface area contributed by atoms with Crippen LogP contribution in [0.3, 0.4) is 0 Å². The van der Waals surface area contributed by atoms with Crippen molar-refractivity contribution < 1.29 is 4.74 Å². The lowest BCUT2D eigenvalue weighted by Gasteiger charge is -1.94. The van der Waals surface area contributed by atoms with Gasteiger partial charge >= 0.3 is 0 Å². The van der Waals surface area contributed by atoms with E-state index in [0.29, 0.717) is 0 Å². The Morgan fingerprint density at radius 1 is 1.50 bits per heavy atom. The van der Waals surface area contributed by atoms with Crippen LogP contribution in [0, 0.1) is 0 Å². The Hall–Kier alpha value is 0.600. The topological polar surface area (TPSA) is 9.23 Å². The van der Waals surface area contributed by atoms with E-state index in [0.717, 1.165) is 24.0 Å². The van der Waals surface area contributed by atoms with Crippen LogP contribution < -0.4 is 0 Å². The molecule has 0 aromatic carbocycles. The number of halogens is 1. The summed E-state index contributed by atoms with van der Waals surface area (Å²) in [5.74, 6) is 2.84. The SMILES string of the molecule is COCCSCCCl. The van der Waals surface area contributed by atoms with E-state index in [1.165, 1.54) is 0 Å². The van der Waals surface area contributed by atoms with E-state index in [9.17, 15) is 0 Å². The Kier molecular flexibility index (Phi) is 8.17. The molecule has 0 spiro atoms. The van der Waals surface area contributed by atoms with Gasteiger partial charge in [0.05, 0.1) is 6.61 Å². The Labute approximate surface area is 59.7 Å². The van der Waals surface area contributed by atoms with Gasteiger partial charge in [-0.2, -0.15) is 11.8 Å². The molecule has 1 nitrogen and oxygen atoms in total. The minimum Gasteiger partial charge on any atom is -0.384 e. The number of ether oxygens (including phenoxy) is 1. The van der Waals surface area contributed by atoms with Crippen LogP contribution in [0.25, 0.3) is 0 Å². The Morgan fingerprint density at radius 2 is 2.25 bits per heavy atom. The molecule has 0 bridgehead atoms. The van der Waals surface area contributed by atoms with Crippen molar-refractivity contribution in [3.63, 3.8) is 0 Å². The zero-order chi connectivity index (χ0) is 6.24. The Bertz CT molecular complexity index is 37.4. The van der Waals surface area contributed by atoms with Gasteiger partial charge in [0.1, 0.15) is 0 Å². The van der Waals surface area contributed by atoms with Crippen molar-refractivity contribution in [1.82, 2.24) is 0 Å². The van der Waals surface area contributed by atoms with Crippen molar-refractivity contribution in [1.29, 1.82) is 0 Å². The molecule has 0 amide bonds. The van der Waals surface area contributed by atoms with E-state index >= 15 is 0 Å². The van der Waals surface area contributed by atoms with E-state index in [-0.39, 0.29) is 0 Å². The highest BCUT2D eigenvalue weighted by Gasteiger charge is 1.84. The molecule has 50 valence electrons. The van der Waals surface area contributed by atoms with Gasteiger partial charge in [-0.1, -0.05) is 0 Å². The van der Waals surface area contributed by atoms with Gasteiger partial charge in [-0.25, -0.2) is 0 Å². The second-order valence-electron chi connectivity index (χ2n) is 1.29. The van der Waals surface area contributed by atoms with Crippen molar-refractivity contribution in [2.75, 3.05) is 31.1 Å². The summed E-state index contributed by atoms with van der Waals surface area (Å²) in [7, 11) is 1.71. The van der Waals surface area contributed by atoms with Gasteiger partial charge in [-0.3, -0.25) is 0 Å². The minimum absolute atomic E-state index is 0.744. The monoisotopic (exact) mass is 154 g/mol. The van der Waals surface area contributed by atoms with Crippen LogP contribution >= 0.6 is 23.4 Å². The molecule has 0 aliphatic heterocycles. The smallest absolute Gasteiger partial charge is 0.0552 e. The summed E-state index contributed by atoms with van der Waals surface area (Å²) in [5.41, 5.74) is 0. The summed E-state index contributed by atoms with van der Waals surface area (Å²) in [5, 5.41) is 0. The van der Waals surface area contributed by atoms with Crippen molar-refractivity contribution in [2.24, 2.45) is 0 Å². The van der Waals surface area contributed by atoms with Crippen molar-refractivity contribution in [2.45, 2.75) is 0 Å². The van der Waals surface area contributed by atoms with Gasteiger partial charge in [-0.05, 0) is 0 Å². The first-order valence-corrected chi connectivity index (χ1v) is 4.23. The lowest BCUT2D eigenvalue weighted by Crippen LogP contribution is -1.92. The molecule has 0 unspecified atom stereocenters. The number of hydrogen-bond donors (Lipinski definition) is 0. The molecule has 0 saturated carbocycles. The normalized spacial score (nSPS) is 9.75. The summed E-state index contributed by atoms with van der Waals surface area (Å²) in [6, 6.07) is 0. The third-order valence-electron chi connectivity index (χ3n) is 0.653. The second kappa shape index (κ2) is 7.60. The molecule has 0 saturated heterocycles. The molecule has 3 heteroatoms. The molecule has 0 radical (unpaired) electrons. The van der Waals surface area contributed by atoms with E-state index in [2.05, 4.69) is 0 Å². The average Bonchev–Trinajstić information content (AvgIpc) is 1.81. The minimum atomic E-state index is 0.744. The quantitative estimate of drug-likeness (QED) is 0.440. The van der Waals surface area contributed by atoms with Crippen molar-refractivity contribution in [3.05, 3.63) is 0 Å². The lowest BCUT2D eigenvalue weighted by atomic mass is 10.9. The van der Waals surface area contributed by atoms with E-state index in [1.807, 2.05) is 11.8 Å². The first-order valence-electron chi connectivity index (χ1n) is 2.54. The molecule has 0 N–H and O–H groups in total. The maximum atomic E-state index is 5.42. The zero-order valence-corrected chi connectivity index (χ0v) is 6.60. The fourth-order valence-corrected chi connectivity index (χ4v) is 1.22. The highest BCUT2D eigenvalue weighted by Crippen LogP contribution is 1.98. The van der Waals surface area contributed by atoms with Crippen LogP contribution in [0.15, 0.2) is 0 Å². The molecule has 0 heterocycles. The third kappa shape index (κ3) is 6.60. The highest BCUT2D eigenvalue weighted by atomic mass is 35.5. The maximum Gasteiger partial charge on any atom is 0.0552 e. The molecular weight excluding hydrogens is 144 g/mol. The first-order chi connectivity index (χ1) is 3.91. The number of alkyl halides is 1. The summed E-state index contributed by atoms with van der Waals surface area (Å²) in [6.45, 7) is 0.835. The molecule has 0 aromatic rings. The molecule has 0 rings (SSSR count). The summed E-state index contributed by atoms with van der Waals surface area (Å²) in [4.78, 5) is 0. The number of rotatable bonds is 5. The summed E-state index contributed by atoms with van der Waals surface area (Å²) >= 11 is 7.24. The molecule has 0 fully saturated rings.